The standard InChI is InChI=1S/C9H6ClF6NO2/c1-18-6-4(8(11,12)13)3-17-5(2-10)7(6)19-9(14,15)16/h3H,2H2,1H3. The van der Waals surface area contributed by atoms with Crippen molar-refractivity contribution in [1.82, 2.24) is 4.98 Å². The van der Waals surface area contributed by atoms with Crippen LogP contribution in [0.1, 0.15) is 11.3 Å². The molecule has 0 aliphatic carbocycles. The van der Waals surface area contributed by atoms with E-state index in [9.17, 15) is 26.3 Å². The summed E-state index contributed by atoms with van der Waals surface area (Å²) < 4.78 is 82.2. The minimum Gasteiger partial charge on any atom is -0.492 e. The Labute approximate surface area is 108 Å². The lowest BCUT2D eigenvalue weighted by molar-refractivity contribution is -0.275. The van der Waals surface area contributed by atoms with E-state index in [1.807, 2.05) is 0 Å². The van der Waals surface area contributed by atoms with Crippen LogP contribution in [0.25, 0.3) is 0 Å². The third kappa shape index (κ3) is 3.79. The Balaban J connectivity index is 3.46. The third-order valence-corrected chi connectivity index (χ3v) is 2.17. The number of nitrogens with zero attached hydrogens (tertiary/aromatic N) is 1. The van der Waals surface area contributed by atoms with Crippen molar-refractivity contribution in [3.63, 3.8) is 0 Å². The smallest absolute Gasteiger partial charge is 0.492 e. The molecule has 0 radical (unpaired) electrons. The number of pyridine rings is 1. The summed E-state index contributed by atoms with van der Waals surface area (Å²) in [4.78, 5) is 3.20. The van der Waals surface area contributed by atoms with Crippen LogP contribution >= 0.6 is 11.6 Å². The maximum Gasteiger partial charge on any atom is 0.573 e. The fourth-order valence-electron chi connectivity index (χ4n) is 1.23. The molecule has 0 aromatic carbocycles. The van der Waals surface area contributed by atoms with Crippen molar-refractivity contribution in [2.45, 2.75) is 18.4 Å². The molecule has 0 unspecified atom stereocenters. The summed E-state index contributed by atoms with van der Waals surface area (Å²) in [6, 6.07) is 0. The van der Waals surface area contributed by atoms with E-state index in [4.69, 9.17) is 11.6 Å². The fraction of sp³-hybridized carbons (Fsp3) is 0.444. The fourth-order valence-corrected chi connectivity index (χ4v) is 1.42. The first-order valence-electron chi connectivity index (χ1n) is 4.55. The highest BCUT2D eigenvalue weighted by atomic mass is 35.5. The molecule has 0 atom stereocenters. The molecular formula is C9H6ClF6NO2. The van der Waals surface area contributed by atoms with Crippen molar-refractivity contribution in [3.05, 3.63) is 17.5 Å². The van der Waals surface area contributed by atoms with Crippen molar-refractivity contribution in [3.8, 4) is 11.5 Å². The van der Waals surface area contributed by atoms with Gasteiger partial charge in [0.15, 0.2) is 11.5 Å². The Morgan fingerprint density at radius 3 is 2.11 bits per heavy atom. The number of ether oxygens (including phenoxy) is 2. The van der Waals surface area contributed by atoms with Crippen molar-refractivity contribution >= 4 is 11.6 Å². The van der Waals surface area contributed by atoms with Crippen molar-refractivity contribution in [2.24, 2.45) is 0 Å². The minimum atomic E-state index is -5.19. The zero-order valence-electron chi connectivity index (χ0n) is 9.19. The predicted molar refractivity (Wildman–Crippen MR) is 52.0 cm³/mol. The van der Waals surface area contributed by atoms with E-state index >= 15 is 0 Å². The van der Waals surface area contributed by atoms with Crippen LogP contribution < -0.4 is 9.47 Å². The lowest BCUT2D eigenvalue weighted by Crippen LogP contribution is -2.20. The molecule has 1 rings (SSSR count). The molecule has 10 heteroatoms. The quantitative estimate of drug-likeness (QED) is 0.629. The second-order valence-electron chi connectivity index (χ2n) is 3.16. The molecule has 0 bridgehead atoms. The van der Waals surface area contributed by atoms with Crippen molar-refractivity contribution < 1.29 is 35.8 Å². The summed E-state index contributed by atoms with van der Waals surface area (Å²) >= 11 is 5.31. The van der Waals surface area contributed by atoms with E-state index in [-0.39, 0.29) is 0 Å². The van der Waals surface area contributed by atoms with Gasteiger partial charge in [0, 0.05) is 6.20 Å². The Hall–Kier alpha value is -1.38. The first kappa shape index (κ1) is 15.7. The van der Waals surface area contributed by atoms with Crippen LogP contribution in [0.15, 0.2) is 6.20 Å². The van der Waals surface area contributed by atoms with Crippen LogP contribution in [0, 0.1) is 0 Å². The summed E-state index contributed by atoms with van der Waals surface area (Å²) in [6.07, 6.45) is -9.80. The molecule has 0 spiro atoms. The highest BCUT2D eigenvalue weighted by Crippen LogP contribution is 2.44. The van der Waals surface area contributed by atoms with Crippen molar-refractivity contribution in [1.29, 1.82) is 0 Å². The van der Waals surface area contributed by atoms with E-state index in [0.29, 0.717) is 6.20 Å². The molecule has 108 valence electrons. The van der Waals surface area contributed by atoms with E-state index in [0.717, 1.165) is 7.11 Å². The Bertz CT molecular complexity index is 459. The Kier molecular flexibility index (Phi) is 4.39. The highest BCUT2D eigenvalue weighted by Gasteiger charge is 2.40. The lowest BCUT2D eigenvalue weighted by Gasteiger charge is -2.18. The van der Waals surface area contributed by atoms with Crippen LogP contribution in [0.5, 0.6) is 11.5 Å². The van der Waals surface area contributed by atoms with Crippen LogP contribution in [0.2, 0.25) is 0 Å². The lowest BCUT2D eigenvalue weighted by atomic mass is 10.2. The third-order valence-electron chi connectivity index (χ3n) is 1.92. The van der Waals surface area contributed by atoms with Gasteiger partial charge in [0.05, 0.1) is 13.0 Å². The number of aromatic nitrogens is 1. The maximum absolute atomic E-state index is 12.6. The number of hydrogen-bond acceptors (Lipinski definition) is 3. The van der Waals surface area contributed by atoms with Crippen LogP contribution in [-0.2, 0) is 12.1 Å². The summed E-state index contributed by atoms with van der Waals surface area (Å²) in [6.45, 7) is 0. The van der Waals surface area contributed by atoms with E-state index in [1.165, 1.54) is 0 Å². The van der Waals surface area contributed by atoms with E-state index < -0.39 is 41.2 Å². The first-order valence-corrected chi connectivity index (χ1v) is 5.08. The molecule has 0 fully saturated rings. The van der Waals surface area contributed by atoms with Gasteiger partial charge in [-0.05, 0) is 0 Å². The number of rotatable bonds is 3. The zero-order valence-corrected chi connectivity index (χ0v) is 9.95. The molecule has 0 N–H and O–H groups in total. The molecule has 1 heterocycles. The summed E-state index contributed by atoms with van der Waals surface area (Å²) in [5, 5.41) is 0. The molecule has 1 aromatic heterocycles. The first-order chi connectivity index (χ1) is 8.60. The zero-order chi connectivity index (χ0) is 14.8. The minimum absolute atomic E-state index is 0.333. The maximum atomic E-state index is 12.6. The molecule has 0 saturated carbocycles. The van der Waals surface area contributed by atoms with Crippen LogP contribution in [-0.4, -0.2) is 18.5 Å². The molecular weight excluding hydrogens is 304 g/mol. The summed E-state index contributed by atoms with van der Waals surface area (Å²) in [5.41, 5.74) is -1.99. The summed E-state index contributed by atoms with van der Waals surface area (Å²) in [7, 11) is 0.784. The Morgan fingerprint density at radius 1 is 1.16 bits per heavy atom. The number of halogens is 7. The van der Waals surface area contributed by atoms with Gasteiger partial charge in [-0.2, -0.15) is 13.2 Å². The molecule has 0 amide bonds. The van der Waals surface area contributed by atoms with Crippen LogP contribution in [0.4, 0.5) is 26.3 Å². The molecule has 1 aromatic rings. The molecule has 0 aliphatic rings. The molecule has 0 aliphatic heterocycles. The number of alkyl halides is 7. The normalized spacial score (nSPS) is 12.4. The van der Waals surface area contributed by atoms with Crippen LogP contribution in [0.3, 0.4) is 0 Å². The largest absolute Gasteiger partial charge is 0.573 e. The Morgan fingerprint density at radius 2 is 1.74 bits per heavy atom. The topological polar surface area (TPSA) is 31.4 Å². The average molecular weight is 310 g/mol. The van der Waals surface area contributed by atoms with Gasteiger partial charge >= 0.3 is 12.5 Å². The van der Waals surface area contributed by atoms with Crippen molar-refractivity contribution in [2.75, 3.05) is 7.11 Å². The molecule has 0 saturated heterocycles. The van der Waals surface area contributed by atoms with E-state index in [2.05, 4.69) is 14.5 Å². The predicted octanol–water partition coefficient (Wildman–Crippen LogP) is 3.75. The van der Waals surface area contributed by atoms with Gasteiger partial charge in [-0.25, -0.2) is 0 Å². The summed E-state index contributed by atoms with van der Waals surface area (Å²) in [5.74, 6) is -2.88. The SMILES string of the molecule is COc1c(C(F)(F)F)cnc(CCl)c1OC(F)(F)F. The van der Waals surface area contributed by atoms with Gasteiger partial charge in [0.25, 0.3) is 0 Å². The number of hydrogen-bond donors (Lipinski definition) is 0. The monoisotopic (exact) mass is 309 g/mol. The molecule has 3 nitrogen and oxygen atoms in total. The number of methoxy groups -OCH3 is 1. The van der Waals surface area contributed by atoms with Gasteiger partial charge in [0.2, 0.25) is 0 Å². The van der Waals surface area contributed by atoms with Gasteiger partial charge < -0.3 is 9.47 Å². The highest BCUT2D eigenvalue weighted by molar-refractivity contribution is 6.17. The van der Waals surface area contributed by atoms with Gasteiger partial charge in [-0.3, -0.25) is 4.98 Å². The van der Waals surface area contributed by atoms with Gasteiger partial charge in [0.1, 0.15) is 11.3 Å². The molecule has 19 heavy (non-hydrogen) atoms. The second kappa shape index (κ2) is 5.32. The van der Waals surface area contributed by atoms with Gasteiger partial charge in [-0.1, -0.05) is 0 Å². The van der Waals surface area contributed by atoms with E-state index in [1.54, 1.807) is 0 Å². The average Bonchev–Trinajstić information content (AvgIpc) is 2.25. The second-order valence-corrected chi connectivity index (χ2v) is 3.43. The van der Waals surface area contributed by atoms with Gasteiger partial charge in [-0.15, -0.1) is 24.8 Å².